The fraction of sp³-hybridized carbons (Fsp3) is 0.412. The Morgan fingerprint density at radius 2 is 1.96 bits per heavy atom. The lowest BCUT2D eigenvalue weighted by atomic mass is 10.2. The van der Waals surface area contributed by atoms with Crippen LogP contribution in [-0.4, -0.2) is 24.2 Å². The van der Waals surface area contributed by atoms with Gasteiger partial charge in [0, 0.05) is 12.1 Å². The Bertz CT molecular complexity index is 635. The Balaban J connectivity index is 2.01. The molecule has 0 saturated carbocycles. The predicted octanol–water partition coefficient (Wildman–Crippen LogP) is 3.26. The average molecular weight is 317 g/mol. The number of aromatic nitrogens is 1. The average Bonchev–Trinajstić information content (AvgIpc) is 2.93. The molecule has 0 unspecified atom stereocenters. The highest BCUT2D eigenvalue weighted by Crippen LogP contribution is 2.24. The maximum Gasteiger partial charge on any atom is 0.315 e. The van der Waals surface area contributed by atoms with Crippen LogP contribution in [0, 0.1) is 6.92 Å². The third-order valence-corrected chi connectivity index (χ3v) is 3.26. The molecule has 2 N–H and O–H groups in total. The summed E-state index contributed by atoms with van der Waals surface area (Å²) in [6.45, 7) is 7.41. The second-order valence-corrected chi connectivity index (χ2v) is 5.09. The summed E-state index contributed by atoms with van der Waals surface area (Å²) < 4.78 is 11.1. The molecule has 1 aromatic heterocycles. The highest BCUT2D eigenvalue weighted by atomic mass is 16.5. The number of urea groups is 1. The van der Waals surface area contributed by atoms with E-state index in [2.05, 4.69) is 15.6 Å². The van der Waals surface area contributed by atoms with E-state index >= 15 is 0 Å². The second kappa shape index (κ2) is 8.22. The third kappa shape index (κ3) is 4.74. The van der Waals surface area contributed by atoms with Gasteiger partial charge in [-0.2, -0.15) is 0 Å². The summed E-state index contributed by atoms with van der Waals surface area (Å²) >= 11 is 0. The number of nitrogens with zero attached hydrogens (tertiary/aromatic N) is 1. The number of rotatable bonds is 7. The number of ether oxygens (including phenoxy) is 1. The van der Waals surface area contributed by atoms with Gasteiger partial charge in [-0.1, -0.05) is 6.92 Å². The predicted molar refractivity (Wildman–Crippen MR) is 88.4 cm³/mol. The van der Waals surface area contributed by atoms with Gasteiger partial charge >= 0.3 is 6.03 Å². The SMILES string of the molecule is CCCNC(=O)NCc1nc(-c2ccc(OCC)cc2)oc1C. The van der Waals surface area contributed by atoms with Gasteiger partial charge in [0.15, 0.2) is 0 Å². The number of amides is 2. The minimum Gasteiger partial charge on any atom is -0.494 e. The molecule has 2 aromatic rings. The van der Waals surface area contributed by atoms with Crippen molar-refractivity contribution in [3.05, 3.63) is 35.7 Å². The maximum absolute atomic E-state index is 11.6. The number of hydrogen-bond donors (Lipinski definition) is 2. The zero-order valence-corrected chi connectivity index (χ0v) is 13.8. The Labute approximate surface area is 136 Å². The molecule has 2 amide bonds. The van der Waals surface area contributed by atoms with Crippen molar-refractivity contribution in [1.82, 2.24) is 15.6 Å². The van der Waals surface area contributed by atoms with Gasteiger partial charge in [0.1, 0.15) is 17.2 Å². The lowest BCUT2D eigenvalue weighted by Gasteiger charge is -2.04. The van der Waals surface area contributed by atoms with E-state index in [-0.39, 0.29) is 6.03 Å². The molecule has 0 saturated heterocycles. The topological polar surface area (TPSA) is 76.4 Å². The molecule has 6 nitrogen and oxygen atoms in total. The van der Waals surface area contributed by atoms with Crippen LogP contribution >= 0.6 is 0 Å². The van der Waals surface area contributed by atoms with E-state index < -0.39 is 0 Å². The molecule has 1 heterocycles. The highest BCUT2D eigenvalue weighted by Gasteiger charge is 2.12. The van der Waals surface area contributed by atoms with Crippen LogP contribution in [0.1, 0.15) is 31.7 Å². The van der Waals surface area contributed by atoms with Crippen molar-refractivity contribution in [2.45, 2.75) is 33.7 Å². The Kier molecular flexibility index (Phi) is 6.02. The third-order valence-electron chi connectivity index (χ3n) is 3.26. The van der Waals surface area contributed by atoms with Crippen LogP contribution in [0.2, 0.25) is 0 Å². The first-order chi connectivity index (χ1) is 11.1. The van der Waals surface area contributed by atoms with Crippen molar-refractivity contribution >= 4 is 6.03 Å². The van der Waals surface area contributed by atoms with Gasteiger partial charge in [-0.25, -0.2) is 9.78 Å². The van der Waals surface area contributed by atoms with E-state index in [1.165, 1.54) is 0 Å². The summed E-state index contributed by atoms with van der Waals surface area (Å²) in [6.07, 6.45) is 0.901. The van der Waals surface area contributed by atoms with Crippen LogP contribution < -0.4 is 15.4 Å². The molecular formula is C17H23N3O3. The quantitative estimate of drug-likeness (QED) is 0.822. The molecule has 0 bridgehead atoms. The van der Waals surface area contributed by atoms with Crippen LogP contribution in [0.25, 0.3) is 11.5 Å². The van der Waals surface area contributed by atoms with E-state index in [9.17, 15) is 4.79 Å². The molecule has 0 atom stereocenters. The van der Waals surface area contributed by atoms with Crippen LogP contribution in [0.4, 0.5) is 4.79 Å². The molecule has 0 fully saturated rings. The Hall–Kier alpha value is -2.50. The summed E-state index contributed by atoms with van der Waals surface area (Å²) in [5, 5.41) is 5.53. The monoisotopic (exact) mass is 317 g/mol. The van der Waals surface area contributed by atoms with Crippen molar-refractivity contribution in [3.63, 3.8) is 0 Å². The lowest BCUT2D eigenvalue weighted by Crippen LogP contribution is -2.35. The van der Waals surface area contributed by atoms with Gasteiger partial charge < -0.3 is 19.8 Å². The minimum absolute atomic E-state index is 0.197. The summed E-state index contributed by atoms with van der Waals surface area (Å²) in [5.74, 6) is 2.05. The molecule has 23 heavy (non-hydrogen) atoms. The van der Waals surface area contributed by atoms with E-state index in [1.54, 1.807) is 0 Å². The number of carbonyl (C=O) groups is 1. The second-order valence-electron chi connectivity index (χ2n) is 5.09. The van der Waals surface area contributed by atoms with Crippen LogP contribution in [0.5, 0.6) is 5.75 Å². The molecule has 6 heteroatoms. The van der Waals surface area contributed by atoms with Crippen molar-refractivity contribution in [2.24, 2.45) is 0 Å². The van der Waals surface area contributed by atoms with Gasteiger partial charge in [0.25, 0.3) is 0 Å². The van der Waals surface area contributed by atoms with Crippen LogP contribution in [0.15, 0.2) is 28.7 Å². The van der Waals surface area contributed by atoms with Gasteiger partial charge in [-0.15, -0.1) is 0 Å². The molecule has 0 radical (unpaired) electrons. The number of oxazole rings is 1. The number of nitrogens with one attached hydrogen (secondary N) is 2. The van der Waals surface area contributed by atoms with Gasteiger partial charge in [0.05, 0.1) is 13.2 Å². The van der Waals surface area contributed by atoms with E-state index in [4.69, 9.17) is 9.15 Å². The van der Waals surface area contributed by atoms with E-state index in [0.29, 0.717) is 31.3 Å². The van der Waals surface area contributed by atoms with Crippen molar-refractivity contribution in [1.29, 1.82) is 0 Å². The zero-order chi connectivity index (χ0) is 16.7. The molecule has 0 aliphatic rings. The normalized spacial score (nSPS) is 10.4. The standard InChI is InChI=1S/C17H23N3O3/c1-4-10-18-17(21)19-11-15-12(3)23-16(20-15)13-6-8-14(9-7-13)22-5-2/h6-9H,4-5,10-11H2,1-3H3,(H2,18,19,21). The zero-order valence-electron chi connectivity index (χ0n) is 13.8. The molecular weight excluding hydrogens is 294 g/mol. The van der Waals surface area contributed by atoms with Gasteiger partial charge in [0.2, 0.25) is 5.89 Å². The lowest BCUT2D eigenvalue weighted by molar-refractivity contribution is 0.240. The fourth-order valence-electron chi connectivity index (χ4n) is 2.04. The Morgan fingerprint density at radius 1 is 1.22 bits per heavy atom. The van der Waals surface area contributed by atoms with Gasteiger partial charge in [-0.05, 0) is 44.5 Å². The molecule has 0 aliphatic heterocycles. The minimum atomic E-state index is -0.197. The first-order valence-electron chi connectivity index (χ1n) is 7.85. The first kappa shape index (κ1) is 16.9. The number of benzene rings is 1. The number of aryl methyl sites for hydroxylation is 1. The van der Waals surface area contributed by atoms with E-state index in [1.807, 2.05) is 45.0 Å². The molecule has 0 spiro atoms. The summed E-state index contributed by atoms with van der Waals surface area (Å²) in [5.41, 5.74) is 1.60. The summed E-state index contributed by atoms with van der Waals surface area (Å²) in [6, 6.07) is 7.38. The number of carbonyl (C=O) groups excluding carboxylic acids is 1. The van der Waals surface area contributed by atoms with E-state index in [0.717, 1.165) is 23.4 Å². The van der Waals surface area contributed by atoms with Crippen molar-refractivity contribution in [2.75, 3.05) is 13.2 Å². The highest BCUT2D eigenvalue weighted by molar-refractivity contribution is 5.73. The Morgan fingerprint density at radius 3 is 2.61 bits per heavy atom. The molecule has 1 aromatic carbocycles. The van der Waals surface area contributed by atoms with Crippen molar-refractivity contribution in [3.8, 4) is 17.2 Å². The summed E-state index contributed by atoms with van der Waals surface area (Å²) in [7, 11) is 0. The number of hydrogen-bond acceptors (Lipinski definition) is 4. The van der Waals surface area contributed by atoms with Crippen molar-refractivity contribution < 1.29 is 13.9 Å². The first-order valence-corrected chi connectivity index (χ1v) is 7.85. The molecule has 0 aliphatic carbocycles. The van der Waals surface area contributed by atoms with Crippen LogP contribution in [-0.2, 0) is 6.54 Å². The maximum atomic E-state index is 11.6. The summed E-state index contributed by atoms with van der Waals surface area (Å²) in [4.78, 5) is 16.0. The largest absolute Gasteiger partial charge is 0.494 e. The fourth-order valence-corrected chi connectivity index (χ4v) is 2.04. The van der Waals surface area contributed by atoms with Gasteiger partial charge in [-0.3, -0.25) is 0 Å². The van der Waals surface area contributed by atoms with Crippen LogP contribution in [0.3, 0.4) is 0 Å². The smallest absolute Gasteiger partial charge is 0.315 e. The molecule has 124 valence electrons. The molecule has 2 rings (SSSR count).